The van der Waals surface area contributed by atoms with E-state index in [-0.39, 0.29) is 5.54 Å². The molecule has 1 N–H and O–H groups in total. The third-order valence-electron chi connectivity index (χ3n) is 3.44. The molecule has 120 valence electrons. The zero-order valence-electron chi connectivity index (χ0n) is 13.7. The number of pyridine rings is 1. The number of fused-ring (bicyclic) bond motifs is 1. The van der Waals surface area contributed by atoms with Gasteiger partial charge in [-0.15, -0.1) is 0 Å². The molecule has 23 heavy (non-hydrogen) atoms. The van der Waals surface area contributed by atoms with E-state index in [2.05, 4.69) is 46.4 Å². The van der Waals surface area contributed by atoms with Crippen LogP contribution in [0.15, 0.2) is 47.1 Å². The quantitative estimate of drug-likeness (QED) is 0.703. The van der Waals surface area contributed by atoms with Gasteiger partial charge < -0.3 is 10.1 Å². The molecule has 0 unspecified atom stereocenters. The zero-order chi connectivity index (χ0) is 16.6. The minimum absolute atomic E-state index is 0.0882. The monoisotopic (exact) mass is 373 g/mol. The van der Waals surface area contributed by atoms with E-state index in [0.29, 0.717) is 0 Å². The highest BCUT2D eigenvalue weighted by Crippen LogP contribution is 2.36. The van der Waals surface area contributed by atoms with Gasteiger partial charge >= 0.3 is 0 Å². The highest BCUT2D eigenvalue weighted by Gasteiger charge is 2.21. The first-order valence-corrected chi connectivity index (χ1v) is 8.27. The molecule has 0 amide bonds. The number of methoxy groups -OCH3 is 1. The second-order valence-electron chi connectivity index (χ2n) is 6.46. The van der Waals surface area contributed by atoms with E-state index in [9.17, 15) is 0 Å². The van der Waals surface area contributed by atoms with Crippen LogP contribution in [0.1, 0.15) is 20.8 Å². The molecule has 0 spiro atoms. The molecule has 4 nitrogen and oxygen atoms in total. The van der Waals surface area contributed by atoms with Crippen molar-refractivity contribution >= 4 is 27.4 Å². The van der Waals surface area contributed by atoms with E-state index >= 15 is 0 Å². The number of nitrogens with one attached hydrogen (secondary N) is 1. The zero-order valence-corrected chi connectivity index (χ0v) is 15.3. The standard InChI is InChI=1S/C18H20BrN3O/c1-18(2,3)21-17-16(13-7-5-6-8-14(13)23-4)20-15-10-9-12(19)11-22(15)17/h5-11,21H,1-4H3. The number of hydrogen-bond acceptors (Lipinski definition) is 3. The topological polar surface area (TPSA) is 38.6 Å². The Morgan fingerprint density at radius 3 is 2.57 bits per heavy atom. The largest absolute Gasteiger partial charge is 0.496 e. The van der Waals surface area contributed by atoms with Crippen molar-refractivity contribution in [1.82, 2.24) is 9.38 Å². The molecule has 0 atom stereocenters. The lowest BCUT2D eigenvalue weighted by atomic mass is 10.1. The molecule has 0 saturated carbocycles. The van der Waals surface area contributed by atoms with Crippen LogP contribution >= 0.6 is 15.9 Å². The normalized spacial score (nSPS) is 11.7. The van der Waals surface area contributed by atoms with Crippen molar-refractivity contribution in [3.63, 3.8) is 0 Å². The van der Waals surface area contributed by atoms with Gasteiger partial charge in [-0.25, -0.2) is 4.98 Å². The van der Waals surface area contributed by atoms with Gasteiger partial charge in [-0.3, -0.25) is 4.40 Å². The van der Waals surface area contributed by atoms with Crippen molar-refractivity contribution in [3.05, 3.63) is 47.1 Å². The lowest BCUT2D eigenvalue weighted by Crippen LogP contribution is -2.27. The summed E-state index contributed by atoms with van der Waals surface area (Å²) >= 11 is 3.54. The van der Waals surface area contributed by atoms with E-state index in [0.717, 1.165) is 32.9 Å². The second kappa shape index (κ2) is 5.89. The summed E-state index contributed by atoms with van der Waals surface area (Å²) in [5.74, 6) is 1.77. The number of benzene rings is 1. The number of rotatable bonds is 3. The van der Waals surface area contributed by atoms with Crippen LogP contribution in [-0.2, 0) is 0 Å². The number of para-hydroxylation sites is 1. The Hall–Kier alpha value is -2.01. The molecule has 1 aromatic carbocycles. The lowest BCUT2D eigenvalue weighted by Gasteiger charge is -2.23. The van der Waals surface area contributed by atoms with Crippen molar-refractivity contribution in [2.24, 2.45) is 0 Å². The second-order valence-corrected chi connectivity index (χ2v) is 7.38. The van der Waals surface area contributed by atoms with Crippen LogP contribution in [0, 0.1) is 0 Å². The summed E-state index contributed by atoms with van der Waals surface area (Å²) in [6.07, 6.45) is 2.02. The summed E-state index contributed by atoms with van der Waals surface area (Å²) < 4.78 is 8.59. The van der Waals surface area contributed by atoms with Crippen LogP contribution in [0.3, 0.4) is 0 Å². The van der Waals surface area contributed by atoms with Crippen LogP contribution < -0.4 is 10.1 Å². The Labute approximate surface area is 144 Å². The first-order chi connectivity index (χ1) is 10.9. The molecule has 0 aliphatic carbocycles. The Balaban J connectivity index is 2.29. The predicted molar refractivity (Wildman–Crippen MR) is 98.3 cm³/mol. The van der Waals surface area contributed by atoms with Gasteiger partial charge in [-0.05, 0) is 61.0 Å². The van der Waals surface area contributed by atoms with E-state index in [4.69, 9.17) is 9.72 Å². The fourth-order valence-corrected chi connectivity index (χ4v) is 2.86. The Morgan fingerprint density at radius 1 is 1.13 bits per heavy atom. The molecule has 0 fully saturated rings. The van der Waals surface area contributed by atoms with Gasteiger partial charge in [0, 0.05) is 21.8 Å². The maximum absolute atomic E-state index is 5.52. The fraction of sp³-hybridized carbons (Fsp3) is 0.278. The molecule has 3 aromatic rings. The van der Waals surface area contributed by atoms with E-state index in [1.807, 2.05) is 42.6 Å². The van der Waals surface area contributed by atoms with Crippen molar-refractivity contribution in [1.29, 1.82) is 0 Å². The molecular weight excluding hydrogens is 354 g/mol. The molecular formula is C18H20BrN3O. The molecule has 3 rings (SSSR count). The predicted octanol–water partition coefficient (Wildman–Crippen LogP) is 4.98. The molecule has 5 heteroatoms. The van der Waals surface area contributed by atoms with E-state index < -0.39 is 0 Å². The fourth-order valence-electron chi connectivity index (χ4n) is 2.52. The Morgan fingerprint density at radius 2 is 1.87 bits per heavy atom. The number of imidazole rings is 1. The van der Waals surface area contributed by atoms with Gasteiger partial charge in [0.15, 0.2) is 0 Å². The highest BCUT2D eigenvalue weighted by atomic mass is 79.9. The van der Waals surface area contributed by atoms with Crippen LogP contribution in [0.5, 0.6) is 5.75 Å². The van der Waals surface area contributed by atoms with Crippen molar-refractivity contribution in [2.75, 3.05) is 12.4 Å². The minimum Gasteiger partial charge on any atom is -0.496 e. The summed E-state index contributed by atoms with van der Waals surface area (Å²) in [5.41, 5.74) is 2.66. The highest BCUT2D eigenvalue weighted by molar-refractivity contribution is 9.10. The molecule has 2 aromatic heterocycles. The van der Waals surface area contributed by atoms with Gasteiger partial charge in [-0.1, -0.05) is 12.1 Å². The summed E-state index contributed by atoms with van der Waals surface area (Å²) in [7, 11) is 1.68. The number of anilines is 1. The molecule has 0 aliphatic rings. The molecule has 0 radical (unpaired) electrons. The van der Waals surface area contributed by atoms with Gasteiger partial charge in [0.05, 0.1) is 7.11 Å². The first kappa shape index (κ1) is 15.9. The van der Waals surface area contributed by atoms with Gasteiger partial charge in [-0.2, -0.15) is 0 Å². The van der Waals surface area contributed by atoms with Crippen molar-refractivity contribution in [2.45, 2.75) is 26.3 Å². The summed E-state index contributed by atoms with van der Waals surface area (Å²) in [6.45, 7) is 6.41. The third-order valence-corrected chi connectivity index (χ3v) is 3.91. The summed E-state index contributed by atoms with van der Waals surface area (Å²) in [4.78, 5) is 4.82. The maximum Gasteiger partial charge on any atom is 0.139 e. The number of ether oxygens (including phenoxy) is 1. The van der Waals surface area contributed by atoms with E-state index in [1.54, 1.807) is 7.11 Å². The minimum atomic E-state index is -0.0882. The summed E-state index contributed by atoms with van der Waals surface area (Å²) in [6, 6.07) is 11.9. The Bertz CT molecular complexity index is 849. The summed E-state index contributed by atoms with van der Waals surface area (Å²) in [5, 5.41) is 3.57. The van der Waals surface area contributed by atoms with Crippen molar-refractivity contribution < 1.29 is 4.74 Å². The molecule has 2 heterocycles. The molecule has 0 saturated heterocycles. The average Bonchev–Trinajstić information content (AvgIpc) is 2.83. The number of nitrogens with zero attached hydrogens (tertiary/aromatic N) is 2. The van der Waals surface area contributed by atoms with E-state index in [1.165, 1.54) is 0 Å². The van der Waals surface area contributed by atoms with Crippen molar-refractivity contribution in [3.8, 4) is 17.0 Å². The Kier molecular flexibility index (Phi) is 4.06. The number of halogens is 1. The number of hydrogen-bond donors (Lipinski definition) is 1. The number of aromatic nitrogens is 2. The SMILES string of the molecule is COc1ccccc1-c1nc2ccc(Br)cn2c1NC(C)(C)C. The maximum atomic E-state index is 5.52. The molecule has 0 aliphatic heterocycles. The van der Waals surface area contributed by atoms with Crippen LogP contribution in [-0.4, -0.2) is 22.0 Å². The first-order valence-electron chi connectivity index (χ1n) is 7.48. The van der Waals surface area contributed by atoms with Gasteiger partial charge in [0.2, 0.25) is 0 Å². The molecule has 0 bridgehead atoms. The van der Waals surface area contributed by atoms with Crippen LogP contribution in [0.25, 0.3) is 16.9 Å². The van der Waals surface area contributed by atoms with Gasteiger partial charge in [0.25, 0.3) is 0 Å². The smallest absolute Gasteiger partial charge is 0.139 e. The average molecular weight is 374 g/mol. The third kappa shape index (κ3) is 3.20. The van der Waals surface area contributed by atoms with Gasteiger partial charge in [0.1, 0.15) is 22.9 Å². The van der Waals surface area contributed by atoms with Crippen LogP contribution in [0.4, 0.5) is 5.82 Å². The lowest BCUT2D eigenvalue weighted by molar-refractivity contribution is 0.416. The van der Waals surface area contributed by atoms with Crippen LogP contribution in [0.2, 0.25) is 0 Å².